The zero-order chi connectivity index (χ0) is 22.5. The van der Waals surface area contributed by atoms with Crippen LogP contribution in [0.15, 0.2) is 41.3 Å². The molecule has 1 amide bonds. The molecule has 2 aromatic rings. The Kier molecular flexibility index (Phi) is 7.86. The first-order chi connectivity index (χ1) is 14.1. The number of carbonyl (C=O) groups is 1. The van der Waals surface area contributed by atoms with Gasteiger partial charge in [-0.15, -0.1) is 0 Å². The lowest BCUT2D eigenvalue weighted by Gasteiger charge is -2.20. The normalized spacial score (nSPS) is 11.6. The second-order valence-corrected chi connectivity index (χ2v) is 8.99. The van der Waals surface area contributed by atoms with Gasteiger partial charge >= 0.3 is 0 Å². The van der Waals surface area contributed by atoms with E-state index in [9.17, 15) is 13.2 Å². The van der Waals surface area contributed by atoms with Crippen molar-refractivity contribution in [2.45, 2.75) is 45.6 Å². The van der Waals surface area contributed by atoms with E-state index in [0.717, 1.165) is 5.56 Å². The molecule has 7 nitrogen and oxygen atoms in total. The molecule has 30 heavy (non-hydrogen) atoms. The van der Waals surface area contributed by atoms with Crippen molar-refractivity contribution in [3.63, 3.8) is 0 Å². The van der Waals surface area contributed by atoms with Crippen LogP contribution in [-0.2, 0) is 10.0 Å². The number of rotatable bonds is 9. The van der Waals surface area contributed by atoms with Crippen LogP contribution in [0.4, 0.5) is 5.69 Å². The molecule has 164 valence electrons. The summed E-state index contributed by atoms with van der Waals surface area (Å²) in [5, 5.41) is 2.79. The number of nitrogens with zero attached hydrogens (tertiary/aromatic N) is 1. The van der Waals surface area contributed by atoms with E-state index in [-0.39, 0.29) is 16.9 Å². The van der Waals surface area contributed by atoms with Crippen LogP contribution in [-0.4, -0.2) is 44.9 Å². The first-order valence-electron chi connectivity index (χ1n) is 9.90. The Hall–Kier alpha value is -2.58. The van der Waals surface area contributed by atoms with Crippen molar-refractivity contribution in [2.24, 2.45) is 0 Å². The summed E-state index contributed by atoms with van der Waals surface area (Å²) < 4.78 is 38.3. The van der Waals surface area contributed by atoms with E-state index in [1.54, 1.807) is 45.2 Å². The third kappa shape index (κ3) is 5.31. The van der Waals surface area contributed by atoms with Crippen molar-refractivity contribution < 1.29 is 22.7 Å². The average Bonchev–Trinajstić information content (AvgIpc) is 2.69. The van der Waals surface area contributed by atoms with Crippen LogP contribution in [0, 0.1) is 6.92 Å². The van der Waals surface area contributed by atoms with E-state index in [1.807, 2.05) is 20.8 Å². The monoisotopic (exact) mass is 434 g/mol. The fraction of sp³-hybridized carbons (Fsp3) is 0.409. The van der Waals surface area contributed by atoms with Crippen molar-refractivity contribution in [1.29, 1.82) is 0 Å². The second-order valence-electron chi connectivity index (χ2n) is 7.05. The van der Waals surface area contributed by atoms with E-state index in [1.165, 1.54) is 16.4 Å². The standard InChI is InChI=1S/C22H30N2O5S/c1-7-24(8-2)30(26,27)18-11-12-20(29-15(3)4)19(14-18)23-22(25)17-10-9-16(5)21(13-17)28-6/h9-15H,7-8H2,1-6H3,(H,23,25). The summed E-state index contributed by atoms with van der Waals surface area (Å²) in [5.74, 6) is 0.606. The SMILES string of the molecule is CCN(CC)S(=O)(=O)c1ccc(OC(C)C)c(NC(=O)c2ccc(C)c(OC)c2)c1. The minimum Gasteiger partial charge on any atom is -0.496 e. The number of sulfonamides is 1. The number of amides is 1. The molecule has 2 rings (SSSR count). The Morgan fingerprint density at radius 3 is 2.30 bits per heavy atom. The van der Waals surface area contributed by atoms with Crippen LogP contribution >= 0.6 is 0 Å². The molecule has 0 aliphatic rings. The minimum atomic E-state index is -3.68. The topological polar surface area (TPSA) is 84.9 Å². The van der Waals surface area contributed by atoms with Crippen LogP contribution in [0.1, 0.15) is 43.6 Å². The third-order valence-corrected chi connectivity index (χ3v) is 6.62. The van der Waals surface area contributed by atoms with Gasteiger partial charge in [-0.2, -0.15) is 4.31 Å². The predicted molar refractivity (Wildman–Crippen MR) is 118 cm³/mol. The number of ether oxygens (including phenoxy) is 2. The lowest BCUT2D eigenvalue weighted by atomic mass is 10.1. The number of carbonyl (C=O) groups excluding carboxylic acids is 1. The van der Waals surface area contributed by atoms with E-state index < -0.39 is 10.0 Å². The Bertz CT molecular complexity index is 999. The van der Waals surface area contributed by atoms with E-state index in [4.69, 9.17) is 9.47 Å². The Balaban J connectivity index is 2.46. The van der Waals surface area contributed by atoms with Gasteiger partial charge in [-0.3, -0.25) is 4.79 Å². The van der Waals surface area contributed by atoms with Crippen molar-refractivity contribution in [3.8, 4) is 11.5 Å². The van der Waals surface area contributed by atoms with Gasteiger partial charge in [-0.1, -0.05) is 19.9 Å². The molecule has 0 aromatic heterocycles. The molecule has 0 saturated carbocycles. The van der Waals surface area contributed by atoms with Crippen LogP contribution in [0.3, 0.4) is 0 Å². The predicted octanol–water partition coefficient (Wildman–Crippen LogP) is 4.07. The molecule has 0 unspecified atom stereocenters. The van der Waals surface area contributed by atoms with Crippen LogP contribution in [0.5, 0.6) is 11.5 Å². The fourth-order valence-corrected chi connectivity index (χ4v) is 4.48. The van der Waals surface area contributed by atoms with Gasteiger partial charge in [-0.25, -0.2) is 8.42 Å². The highest BCUT2D eigenvalue weighted by Gasteiger charge is 2.24. The molecule has 0 bridgehead atoms. The molecule has 0 spiro atoms. The second kappa shape index (κ2) is 9.95. The Labute approximate surface area is 179 Å². The smallest absolute Gasteiger partial charge is 0.255 e. The molecule has 0 aliphatic heterocycles. The lowest BCUT2D eigenvalue weighted by molar-refractivity contribution is 0.102. The number of anilines is 1. The average molecular weight is 435 g/mol. The number of hydrogen-bond donors (Lipinski definition) is 1. The zero-order valence-corrected chi connectivity index (χ0v) is 19.2. The summed E-state index contributed by atoms with van der Waals surface area (Å²) in [7, 11) is -2.14. The number of methoxy groups -OCH3 is 1. The molecule has 1 N–H and O–H groups in total. The molecular formula is C22H30N2O5S. The summed E-state index contributed by atoms with van der Waals surface area (Å²) in [6.07, 6.45) is -0.148. The number of aryl methyl sites for hydroxylation is 1. The maximum Gasteiger partial charge on any atom is 0.255 e. The fourth-order valence-electron chi connectivity index (χ4n) is 2.99. The van der Waals surface area contributed by atoms with Gasteiger partial charge in [0.1, 0.15) is 11.5 Å². The molecule has 0 atom stereocenters. The quantitative estimate of drug-likeness (QED) is 0.643. The summed E-state index contributed by atoms with van der Waals surface area (Å²) in [4.78, 5) is 13.0. The summed E-state index contributed by atoms with van der Waals surface area (Å²) >= 11 is 0. The van der Waals surface area contributed by atoms with Gasteiger partial charge < -0.3 is 14.8 Å². The van der Waals surface area contributed by atoms with Gasteiger partial charge in [0.05, 0.1) is 23.8 Å². The molecule has 0 aliphatic carbocycles. The van der Waals surface area contributed by atoms with Crippen molar-refractivity contribution in [2.75, 3.05) is 25.5 Å². The van der Waals surface area contributed by atoms with E-state index >= 15 is 0 Å². The molecular weight excluding hydrogens is 404 g/mol. The van der Waals surface area contributed by atoms with Crippen molar-refractivity contribution in [3.05, 3.63) is 47.5 Å². The largest absolute Gasteiger partial charge is 0.496 e. The van der Waals surface area contributed by atoms with Gasteiger partial charge in [0.2, 0.25) is 10.0 Å². The highest BCUT2D eigenvalue weighted by atomic mass is 32.2. The number of benzene rings is 2. The summed E-state index contributed by atoms with van der Waals surface area (Å²) in [6.45, 7) is 9.88. The minimum absolute atomic E-state index is 0.0964. The molecule has 0 fully saturated rings. The third-order valence-electron chi connectivity index (χ3n) is 4.58. The van der Waals surface area contributed by atoms with Crippen LogP contribution in [0.2, 0.25) is 0 Å². The summed E-state index contributed by atoms with van der Waals surface area (Å²) in [5.41, 5.74) is 1.59. The Morgan fingerprint density at radius 1 is 1.07 bits per heavy atom. The van der Waals surface area contributed by atoms with Crippen LogP contribution < -0.4 is 14.8 Å². The first-order valence-corrected chi connectivity index (χ1v) is 11.3. The van der Waals surface area contributed by atoms with E-state index in [2.05, 4.69) is 5.32 Å². The van der Waals surface area contributed by atoms with Gasteiger partial charge in [0, 0.05) is 18.7 Å². The Morgan fingerprint density at radius 2 is 1.73 bits per heavy atom. The molecule has 0 radical (unpaired) electrons. The molecule has 2 aromatic carbocycles. The molecule has 0 heterocycles. The highest BCUT2D eigenvalue weighted by molar-refractivity contribution is 7.89. The number of nitrogens with one attached hydrogen (secondary N) is 1. The molecule has 0 saturated heterocycles. The van der Waals surface area contributed by atoms with E-state index in [0.29, 0.717) is 35.8 Å². The van der Waals surface area contributed by atoms with Crippen LogP contribution in [0.25, 0.3) is 0 Å². The number of hydrogen-bond acceptors (Lipinski definition) is 5. The van der Waals surface area contributed by atoms with Gasteiger partial charge in [0.15, 0.2) is 0 Å². The molecule has 8 heteroatoms. The van der Waals surface area contributed by atoms with Crippen molar-refractivity contribution in [1.82, 2.24) is 4.31 Å². The maximum absolute atomic E-state index is 12.9. The van der Waals surface area contributed by atoms with Gasteiger partial charge in [-0.05, 0) is 56.7 Å². The van der Waals surface area contributed by atoms with Crippen molar-refractivity contribution >= 4 is 21.6 Å². The first kappa shape index (κ1) is 23.7. The highest BCUT2D eigenvalue weighted by Crippen LogP contribution is 2.31. The summed E-state index contributed by atoms with van der Waals surface area (Å²) in [6, 6.07) is 9.63. The van der Waals surface area contributed by atoms with Gasteiger partial charge in [0.25, 0.3) is 5.91 Å². The maximum atomic E-state index is 12.9. The lowest BCUT2D eigenvalue weighted by Crippen LogP contribution is -2.30. The zero-order valence-electron chi connectivity index (χ0n) is 18.4.